The summed E-state index contributed by atoms with van der Waals surface area (Å²) in [4.78, 5) is 19.7. The molecule has 3 heterocycles. The molecule has 1 N–H and O–H groups in total. The van der Waals surface area contributed by atoms with Crippen LogP contribution >= 0.6 is 11.3 Å². The number of rotatable bonds is 8. The molecule has 3 aromatic rings. The minimum absolute atomic E-state index is 0.109. The number of carbonyl (C=O) groups is 1. The number of tetrazole rings is 1. The Hall–Kier alpha value is -2.33. The fourth-order valence-electron chi connectivity index (χ4n) is 2.28. The molecule has 25 heavy (non-hydrogen) atoms. The van der Waals surface area contributed by atoms with Crippen molar-refractivity contribution in [2.24, 2.45) is 0 Å². The summed E-state index contributed by atoms with van der Waals surface area (Å²) in [5, 5.41) is 16.5. The average molecular weight is 362 g/mol. The number of nitrogens with zero attached hydrogens (tertiary/aromatic N) is 7. The van der Waals surface area contributed by atoms with Crippen molar-refractivity contribution in [1.82, 2.24) is 39.8 Å². The van der Waals surface area contributed by atoms with E-state index in [1.807, 2.05) is 29.2 Å². The highest BCUT2D eigenvalue weighted by Gasteiger charge is 2.14. The van der Waals surface area contributed by atoms with E-state index >= 15 is 0 Å². The van der Waals surface area contributed by atoms with Gasteiger partial charge in [-0.1, -0.05) is 0 Å². The summed E-state index contributed by atoms with van der Waals surface area (Å²) in [6.07, 6.45) is 4.65. The van der Waals surface area contributed by atoms with Crippen molar-refractivity contribution in [3.8, 4) is 0 Å². The Morgan fingerprint density at radius 1 is 1.44 bits per heavy atom. The number of hydrogen-bond acceptors (Lipinski definition) is 7. The van der Waals surface area contributed by atoms with E-state index in [1.54, 1.807) is 16.0 Å². The second-order valence-electron chi connectivity index (χ2n) is 6.19. The molecule has 0 saturated heterocycles. The summed E-state index contributed by atoms with van der Waals surface area (Å²) in [6.45, 7) is 5.45. The lowest BCUT2D eigenvalue weighted by molar-refractivity contribution is -0.121. The molecule has 0 fully saturated rings. The molecule has 134 valence electrons. The second kappa shape index (κ2) is 7.70. The number of aromatic nitrogens is 6. The molecule has 0 unspecified atom stereocenters. The fraction of sp³-hybridized carbons (Fsp3) is 0.533. The van der Waals surface area contributed by atoms with E-state index in [9.17, 15) is 4.79 Å². The van der Waals surface area contributed by atoms with Crippen LogP contribution in [0.5, 0.6) is 0 Å². The number of carbonyl (C=O) groups excluding carboxylic acids is 1. The molecular formula is C15H22N8OS. The van der Waals surface area contributed by atoms with Gasteiger partial charge in [-0.25, -0.2) is 9.67 Å². The zero-order valence-corrected chi connectivity index (χ0v) is 15.4. The molecule has 0 saturated carbocycles. The van der Waals surface area contributed by atoms with Crippen LogP contribution < -0.4 is 5.32 Å². The van der Waals surface area contributed by atoms with Crippen LogP contribution in [0.3, 0.4) is 0 Å². The third-order valence-corrected chi connectivity index (χ3v) is 4.79. The standard InChI is InChI=1S/C15H22N8OS/c1-11(2)21(3)9-13-18-19-20-23(13)10-14(24)16-5-4-12-8-22-6-7-25-15(22)17-12/h6-8,11H,4-5,9-10H2,1-3H3,(H,16,24). The summed E-state index contributed by atoms with van der Waals surface area (Å²) in [5.74, 6) is 0.572. The largest absolute Gasteiger partial charge is 0.354 e. The summed E-state index contributed by atoms with van der Waals surface area (Å²) < 4.78 is 3.53. The van der Waals surface area contributed by atoms with Crippen LogP contribution in [0, 0.1) is 0 Å². The molecule has 0 bridgehead atoms. The Labute approximate surface area is 149 Å². The van der Waals surface area contributed by atoms with Crippen molar-refractivity contribution in [2.75, 3.05) is 13.6 Å². The normalized spacial score (nSPS) is 11.7. The van der Waals surface area contributed by atoms with Crippen molar-refractivity contribution in [1.29, 1.82) is 0 Å². The Balaban J connectivity index is 1.48. The van der Waals surface area contributed by atoms with Crippen LogP contribution in [0.1, 0.15) is 25.4 Å². The van der Waals surface area contributed by atoms with Crippen LogP contribution in [0.25, 0.3) is 4.96 Å². The third kappa shape index (κ3) is 4.40. The summed E-state index contributed by atoms with van der Waals surface area (Å²) in [6, 6.07) is 0.378. The highest BCUT2D eigenvalue weighted by Crippen LogP contribution is 2.11. The minimum atomic E-state index is -0.109. The lowest BCUT2D eigenvalue weighted by Gasteiger charge is -2.19. The fourth-order valence-corrected chi connectivity index (χ4v) is 3.00. The number of amides is 1. The Morgan fingerprint density at radius 3 is 3.04 bits per heavy atom. The maximum atomic E-state index is 12.1. The number of nitrogens with one attached hydrogen (secondary N) is 1. The van der Waals surface area contributed by atoms with Crippen molar-refractivity contribution in [3.05, 3.63) is 29.3 Å². The van der Waals surface area contributed by atoms with Crippen LogP contribution in [0.4, 0.5) is 0 Å². The van der Waals surface area contributed by atoms with E-state index < -0.39 is 0 Å². The molecule has 0 radical (unpaired) electrons. The van der Waals surface area contributed by atoms with Gasteiger partial charge in [0.25, 0.3) is 0 Å². The quantitative estimate of drug-likeness (QED) is 0.630. The van der Waals surface area contributed by atoms with Crippen molar-refractivity contribution >= 4 is 22.2 Å². The molecule has 10 heteroatoms. The van der Waals surface area contributed by atoms with E-state index in [2.05, 4.69) is 44.6 Å². The van der Waals surface area contributed by atoms with Gasteiger partial charge in [0.2, 0.25) is 5.91 Å². The van der Waals surface area contributed by atoms with Gasteiger partial charge in [0.05, 0.1) is 12.2 Å². The molecule has 1 amide bonds. The van der Waals surface area contributed by atoms with E-state index in [1.165, 1.54) is 0 Å². The lowest BCUT2D eigenvalue weighted by Crippen LogP contribution is -2.32. The minimum Gasteiger partial charge on any atom is -0.354 e. The van der Waals surface area contributed by atoms with Gasteiger partial charge in [0.1, 0.15) is 6.54 Å². The molecule has 3 aromatic heterocycles. The topological polar surface area (TPSA) is 93.2 Å². The lowest BCUT2D eigenvalue weighted by atomic mass is 10.3. The highest BCUT2D eigenvalue weighted by molar-refractivity contribution is 7.15. The predicted octanol–water partition coefficient (Wildman–Crippen LogP) is 0.581. The molecule has 0 atom stereocenters. The van der Waals surface area contributed by atoms with E-state index in [4.69, 9.17) is 0 Å². The van der Waals surface area contributed by atoms with Gasteiger partial charge in [-0.3, -0.25) is 14.1 Å². The first-order valence-electron chi connectivity index (χ1n) is 8.16. The molecule has 0 aromatic carbocycles. The van der Waals surface area contributed by atoms with E-state index in [-0.39, 0.29) is 12.5 Å². The molecule has 0 aliphatic heterocycles. The Kier molecular flexibility index (Phi) is 5.39. The van der Waals surface area contributed by atoms with Gasteiger partial charge in [-0.2, -0.15) is 0 Å². The zero-order chi connectivity index (χ0) is 17.8. The predicted molar refractivity (Wildman–Crippen MR) is 94.2 cm³/mol. The average Bonchev–Trinajstić information content (AvgIpc) is 3.24. The second-order valence-corrected chi connectivity index (χ2v) is 7.06. The van der Waals surface area contributed by atoms with Crippen molar-refractivity contribution < 1.29 is 4.79 Å². The summed E-state index contributed by atoms with van der Waals surface area (Å²) in [5.41, 5.74) is 0.966. The SMILES string of the molecule is CC(C)N(C)Cc1nnnn1CC(=O)NCCc1cn2ccsc2n1. The zero-order valence-electron chi connectivity index (χ0n) is 14.6. The molecule has 0 spiro atoms. The van der Waals surface area contributed by atoms with Crippen molar-refractivity contribution in [2.45, 2.75) is 39.4 Å². The maximum absolute atomic E-state index is 12.1. The first-order chi connectivity index (χ1) is 12.0. The monoisotopic (exact) mass is 362 g/mol. The Morgan fingerprint density at radius 2 is 2.28 bits per heavy atom. The molecule has 0 aliphatic carbocycles. The Bertz CT molecular complexity index is 807. The number of fused-ring (bicyclic) bond motifs is 1. The molecule has 9 nitrogen and oxygen atoms in total. The first-order valence-corrected chi connectivity index (χ1v) is 9.04. The number of hydrogen-bond donors (Lipinski definition) is 1. The van der Waals surface area contributed by atoms with Gasteiger partial charge in [-0.15, -0.1) is 16.4 Å². The summed E-state index contributed by atoms with van der Waals surface area (Å²) >= 11 is 1.59. The van der Waals surface area contributed by atoms with Crippen LogP contribution in [-0.2, 0) is 24.3 Å². The summed E-state index contributed by atoms with van der Waals surface area (Å²) in [7, 11) is 2.00. The molecule has 0 aliphatic rings. The molecule has 3 rings (SSSR count). The van der Waals surface area contributed by atoms with E-state index in [0.29, 0.717) is 31.4 Å². The third-order valence-electron chi connectivity index (χ3n) is 4.02. The van der Waals surface area contributed by atoms with Crippen LogP contribution in [0.15, 0.2) is 17.8 Å². The van der Waals surface area contributed by atoms with Gasteiger partial charge < -0.3 is 5.32 Å². The van der Waals surface area contributed by atoms with Gasteiger partial charge >= 0.3 is 0 Å². The highest BCUT2D eigenvalue weighted by atomic mass is 32.1. The molecular weight excluding hydrogens is 340 g/mol. The van der Waals surface area contributed by atoms with Crippen molar-refractivity contribution in [3.63, 3.8) is 0 Å². The van der Waals surface area contributed by atoms with Gasteiger partial charge in [-0.05, 0) is 31.3 Å². The number of imidazole rings is 1. The van der Waals surface area contributed by atoms with Crippen LogP contribution in [-0.4, -0.2) is 60.0 Å². The maximum Gasteiger partial charge on any atom is 0.241 e. The van der Waals surface area contributed by atoms with Gasteiger partial charge in [0.15, 0.2) is 10.8 Å². The number of thiazole rings is 1. The van der Waals surface area contributed by atoms with Crippen LogP contribution in [0.2, 0.25) is 0 Å². The van der Waals surface area contributed by atoms with Gasteiger partial charge in [0, 0.05) is 36.8 Å². The first kappa shape index (κ1) is 17.5. The smallest absolute Gasteiger partial charge is 0.241 e. The van der Waals surface area contributed by atoms with E-state index in [0.717, 1.165) is 10.7 Å².